The molecule has 1 amide bonds. The van der Waals surface area contributed by atoms with E-state index in [9.17, 15) is 4.79 Å². The van der Waals surface area contributed by atoms with Crippen LogP contribution in [0.5, 0.6) is 11.5 Å². The van der Waals surface area contributed by atoms with Gasteiger partial charge in [-0.2, -0.15) is 0 Å². The topological polar surface area (TPSA) is 57.3 Å². The van der Waals surface area contributed by atoms with Crippen LogP contribution in [0.25, 0.3) is 0 Å². The highest BCUT2D eigenvalue weighted by Crippen LogP contribution is 2.32. The third kappa shape index (κ3) is 4.59. The quantitative estimate of drug-likeness (QED) is 0.749. The lowest BCUT2D eigenvalue weighted by molar-refractivity contribution is -0.134. The van der Waals surface area contributed by atoms with E-state index in [0.717, 1.165) is 50.6 Å². The highest BCUT2D eigenvalue weighted by Gasteiger charge is 2.35. The van der Waals surface area contributed by atoms with Gasteiger partial charge < -0.3 is 24.6 Å². The molecule has 3 aliphatic rings. The second kappa shape index (κ2) is 7.99. The van der Waals surface area contributed by atoms with Crippen molar-refractivity contribution < 1.29 is 14.3 Å². The number of carbonyl (C=O) groups excluding carboxylic acids is 1. The molecule has 0 aliphatic carbocycles. The SMILES string of the molecule is C[C@@H]1CC(C)(C)NC(=S)N1CC(=O)N1CCN(Cc2ccc3c(c2)OCO3)CC1. The Balaban J connectivity index is 1.27. The van der Waals surface area contributed by atoms with E-state index in [0.29, 0.717) is 18.5 Å². The Kier molecular flexibility index (Phi) is 5.57. The molecule has 3 heterocycles. The van der Waals surface area contributed by atoms with Gasteiger partial charge in [0, 0.05) is 44.3 Å². The van der Waals surface area contributed by atoms with E-state index in [1.807, 2.05) is 21.9 Å². The van der Waals surface area contributed by atoms with Gasteiger partial charge in [0.15, 0.2) is 16.6 Å². The first-order valence-electron chi connectivity index (χ1n) is 10.3. The van der Waals surface area contributed by atoms with Gasteiger partial charge in [-0.25, -0.2) is 0 Å². The third-order valence-electron chi connectivity index (χ3n) is 5.92. The summed E-state index contributed by atoms with van der Waals surface area (Å²) in [6.07, 6.45) is 0.962. The zero-order valence-electron chi connectivity index (χ0n) is 17.4. The molecule has 4 rings (SSSR count). The summed E-state index contributed by atoms with van der Waals surface area (Å²) in [5.41, 5.74) is 1.19. The van der Waals surface area contributed by atoms with Crippen LogP contribution in [0.3, 0.4) is 0 Å². The number of fused-ring (bicyclic) bond motifs is 1. The molecule has 1 aromatic rings. The number of hydrogen-bond acceptors (Lipinski definition) is 5. The van der Waals surface area contributed by atoms with Crippen LogP contribution in [-0.4, -0.2) is 76.8 Å². The summed E-state index contributed by atoms with van der Waals surface area (Å²) in [4.78, 5) is 19.2. The minimum atomic E-state index is -0.0175. The van der Waals surface area contributed by atoms with Crippen LogP contribution in [0.15, 0.2) is 18.2 Å². The predicted octanol–water partition coefficient (Wildman–Crippen LogP) is 1.81. The maximum Gasteiger partial charge on any atom is 0.242 e. The molecule has 29 heavy (non-hydrogen) atoms. The molecule has 3 aliphatic heterocycles. The summed E-state index contributed by atoms with van der Waals surface area (Å²) in [7, 11) is 0. The molecule has 0 aromatic heterocycles. The third-order valence-corrected chi connectivity index (χ3v) is 6.25. The maximum absolute atomic E-state index is 12.9. The zero-order valence-corrected chi connectivity index (χ0v) is 18.3. The van der Waals surface area contributed by atoms with E-state index >= 15 is 0 Å². The molecule has 0 saturated carbocycles. The molecule has 158 valence electrons. The molecule has 0 bridgehead atoms. The molecule has 8 heteroatoms. The lowest BCUT2D eigenvalue weighted by Crippen LogP contribution is -2.62. The van der Waals surface area contributed by atoms with Gasteiger partial charge in [0.05, 0.1) is 6.54 Å². The number of nitrogens with one attached hydrogen (secondary N) is 1. The highest BCUT2D eigenvalue weighted by atomic mass is 32.1. The number of amides is 1. The van der Waals surface area contributed by atoms with Gasteiger partial charge in [-0.05, 0) is 57.1 Å². The Morgan fingerprint density at radius 3 is 2.66 bits per heavy atom. The number of hydrogen-bond donors (Lipinski definition) is 1. The Morgan fingerprint density at radius 1 is 1.21 bits per heavy atom. The van der Waals surface area contributed by atoms with E-state index in [1.165, 1.54) is 5.56 Å². The average molecular weight is 419 g/mol. The summed E-state index contributed by atoms with van der Waals surface area (Å²) in [6.45, 7) is 11.2. The van der Waals surface area contributed by atoms with Crippen molar-refractivity contribution in [3.8, 4) is 11.5 Å². The van der Waals surface area contributed by atoms with Gasteiger partial charge in [0.2, 0.25) is 12.7 Å². The fourth-order valence-corrected chi connectivity index (χ4v) is 4.91. The van der Waals surface area contributed by atoms with Crippen LogP contribution < -0.4 is 14.8 Å². The van der Waals surface area contributed by atoms with E-state index in [4.69, 9.17) is 21.7 Å². The summed E-state index contributed by atoms with van der Waals surface area (Å²) in [5, 5.41) is 4.04. The number of rotatable bonds is 4. The monoisotopic (exact) mass is 418 g/mol. The van der Waals surface area contributed by atoms with E-state index in [2.05, 4.69) is 37.1 Å². The fourth-order valence-electron chi connectivity index (χ4n) is 4.39. The molecule has 0 unspecified atom stereocenters. The van der Waals surface area contributed by atoms with Gasteiger partial charge in [0.25, 0.3) is 0 Å². The first kappa shape index (κ1) is 20.2. The molecule has 0 radical (unpaired) electrons. The smallest absolute Gasteiger partial charge is 0.242 e. The lowest BCUT2D eigenvalue weighted by atomic mass is 9.93. The van der Waals surface area contributed by atoms with Crippen molar-refractivity contribution in [3.63, 3.8) is 0 Å². The van der Waals surface area contributed by atoms with Crippen molar-refractivity contribution in [1.29, 1.82) is 0 Å². The summed E-state index contributed by atoms with van der Waals surface area (Å²) in [6, 6.07) is 6.36. The highest BCUT2D eigenvalue weighted by molar-refractivity contribution is 7.80. The molecule has 0 spiro atoms. The Bertz CT molecular complexity index is 792. The predicted molar refractivity (Wildman–Crippen MR) is 115 cm³/mol. The molecule has 2 fully saturated rings. The first-order valence-corrected chi connectivity index (χ1v) is 10.7. The van der Waals surface area contributed by atoms with Crippen LogP contribution in [0.4, 0.5) is 0 Å². The summed E-state index contributed by atoms with van der Waals surface area (Å²) < 4.78 is 10.8. The first-order chi connectivity index (χ1) is 13.8. The number of nitrogens with zero attached hydrogens (tertiary/aromatic N) is 3. The molecular weight excluding hydrogens is 388 g/mol. The van der Waals surface area contributed by atoms with Crippen LogP contribution in [0, 0.1) is 0 Å². The van der Waals surface area contributed by atoms with Gasteiger partial charge in [-0.3, -0.25) is 9.69 Å². The van der Waals surface area contributed by atoms with Gasteiger partial charge in [0.1, 0.15) is 0 Å². The van der Waals surface area contributed by atoms with E-state index < -0.39 is 0 Å². The van der Waals surface area contributed by atoms with Crippen molar-refractivity contribution >= 4 is 23.2 Å². The van der Waals surface area contributed by atoms with Crippen molar-refractivity contribution in [1.82, 2.24) is 20.0 Å². The van der Waals surface area contributed by atoms with Gasteiger partial charge >= 0.3 is 0 Å². The minimum Gasteiger partial charge on any atom is -0.454 e. The molecular formula is C21H30N4O3S. The zero-order chi connectivity index (χ0) is 20.6. The number of piperazine rings is 1. The Labute approximate surface area is 177 Å². The van der Waals surface area contributed by atoms with Crippen molar-refractivity contribution in [2.24, 2.45) is 0 Å². The van der Waals surface area contributed by atoms with Crippen LogP contribution in [-0.2, 0) is 11.3 Å². The van der Waals surface area contributed by atoms with Crippen LogP contribution in [0.2, 0.25) is 0 Å². The number of ether oxygens (including phenoxy) is 2. The van der Waals surface area contributed by atoms with E-state index in [1.54, 1.807) is 0 Å². The second-order valence-electron chi connectivity index (χ2n) is 8.84. The fraction of sp³-hybridized carbons (Fsp3) is 0.619. The molecule has 1 atom stereocenters. The average Bonchev–Trinajstić information content (AvgIpc) is 3.12. The van der Waals surface area contributed by atoms with Crippen molar-refractivity contribution in [3.05, 3.63) is 23.8 Å². The van der Waals surface area contributed by atoms with Gasteiger partial charge in [-0.15, -0.1) is 0 Å². The summed E-state index contributed by atoms with van der Waals surface area (Å²) in [5.74, 6) is 1.79. The Morgan fingerprint density at radius 2 is 1.93 bits per heavy atom. The largest absolute Gasteiger partial charge is 0.454 e. The molecule has 2 saturated heterocycles. The van der Waals surface area contributed by atoms with Gasteiger partial charge in [-0.1, -0.05) is 6.07 Å². The molecule has 7 nitrogen and oxygen atoms in total. The Hall–Kier alpha value is -2.06. The van der Waals surface area contributed by atoms with Crippen LogP contribution >= 0.6 is 12.2 Å². The normalized spacial score (nSPS) is 23.8. The van der Waals surface area contributed by atoms with Crippen molar-refractivity contribution in [2.75, 3.05) is 39.5 Å². The number of carbonyl (C=O) groups is 1. The number of benzene rings is 1. The number of thiocarbonyl (C=S) groups is 1. The standard InChI is InChI=1S/C21H30N4O3S/c1-15-11-21(2,3)22-20(29)25(15)13-19(26)24-8-6-23(7-9-24)12-16-4-5-17-18(10-16)28-14-27-17/h4-5,10,15H,6-9,11-14H2,1-3H3,(H,22,29)/t15-/m1/s1. The summed E-state index contributed by atoms with van der Waals surface area (Å²) >= 11 is 5.52. The molecule has 1 N–H and O–H groups in total. The minimum absolute atomic E-state index is 0.0175. The van der Waals surface area contributed by atoms with Crippen molar-refractivity contribution in [2.45, 2.75) is 45.3 Å². The second-order valence-corrected chi connectivity index (χ2v) is 9.23. The van der Waals surface area contributed by atoms with E-state index in [-0.39, 0.29) is 17.5 Å². The lowest BCUT2D eigenvalue weighted by Gasteiger charge is -2.45. The molecule has 1 aromatic carbocycles. The maximum atomic E-state index is 12.9. The van der Waals surface area contributed by atoms with Crippen LogP contribution in [0.1, 0.15) is 32.8 Å².